The molecule has 1 aromatic heterocycles. The Hall–Kier alpha value is -2.19. The summed E-state index contributed by atoms with van der Waals surface area (Å²) in [5, 5.41) is 0. The SMILES string of the molecule is O=S(=O)(Nc1ccccc1F)c1ccc(N2CCOCC2)nc1. The van der Waals surface area contributed by atoms with Crippen LogP contribution in [0.2, 0.25) is 0 Å². The Morgan fingerprint density at radius 1 is 1.13 bits per heavy atom. The van der Waals surface area contributed by atoms with Gasteiger partial charge in [0.2, 0.25) is 0 Å². The van der Waals surface area contributed by atoms with Gasteiger partial charge >= 0.3 is 0 Å². The number of morpholine rings is 1. The molecule has 6 nitrogen and oxygen atoms in total. The van der Waals surface area contributed by atoms with Gasteiger partial charge in [-0.3, -0.25) is 4.72 Å². The summed E-state index contributed by atoms with van der Waals surface area (Å²) < 4.78 is 45.7. The van der Waals surface area contributed by atoms with Crippen LogP contribution >= 0.6 is 0 Å². The molecule has 0 spiro atoms. The van der Waals surface area contributed by atoms with Crippen LogP contribution in [0.3, 0.4) is 0 Å². The molecule has 1 aliphatic heterocycles. The number of rotatable bonds is 4. The third-order valence-corrected chi connectivity index (χ3v) is 4.84. The number of ether oxygens (including phenoxy) is 1. The topological polar surface area (TPSA) is 71.5 Å². The molecule has 0 atom stereocenters. The minimum Gasteiger partial charge on any atom is -0.378 e. The molecule has 1 saturated heterocycles. The van der Waals surface area contributed by atoms with Gasteiger partial charge in [-0.1, -0.05) is 12.1 Å². The van der Waals surface area contributed by atoms with Gasteiger partial charge in [0.25, 0.3) is 10.0 Å². The number of nitrogens with one attached hydrogen (secondary N) is 1. The zero-order valence-corrected chi connectivity index (χ0v) is 13.1. The highest BCUT2D eigenvalue weighted by Crippen LogP contribution is 2.20. The number of nitrogens with zero attached hydrogens (tertiary/aromatic N) is 2. The standard InChI is InChI=1S/C15H16FN3O3S/c16-13-3-1-2-4-14(13)18-23(20,21)12-5-6-15(17-11-12)19-7-9-22-10-8-19/h1-6,11,18H,7-10H2. The Morgan fingerprint density at radius 2 is 1.87 bits per heavy atom. The largest absolute Gasteiger partial charge is 0.378 e. The van der Waals surface area contributed by atoms with Crippen molar-refractivity contribution in [3.05, 3.63) is 48.4 Å². The summed E-state index contributed by atoms with van der Waals surface area (Å²) in [6, 6.07) is 8.70. The number of aromatic nitrogens is 1. The Balaban J connectivity index is 1.79. The van der Waals surface area contributed by atoms with Gasteiger partial charge in [0.15, 0.2) is 0 Å². The molecule has 1 aromatic carbocycles. The molecule has 2 heterocycles. The molecular weight excluding hydrogens is 321 g/mol. The van der Waals surface area contributed by atoms with Gasteiger partial charge < -0.3 is 9.64 Å². The van der Waals surface area contributed by atoms with E-state index in [1.165, 1.54) is 30.5 Å². The molecule has 1 N–H and O–H groups in total. The molecule has 0 bridgehead atoms. The number of halogens is 1. The van der Waals surface area contributed by atoms with E-state index in [4.69, 9.17) is 4.74 Å². The molecule has 122 valence electrons. The normalized spacial score (nSPS) is 15.4. The van der Waals surface area contributed by atoms with Gasteiger partial charge in [0, 0.05) is 19.3 Å². The van der Waals surface area contributed by atoms with Crippen LogP contribution in [0.25, 0.3) is 0 Å². The van der Waals surface area contributed by atoms with E-state index in [1.807, 2.05) is 4.90 Å². The third kappa shape index (κ3) is 3.59. The summed E-state index contributed by atoms with van der Waals surface area (Å²) in [4.78, 5) is 6.19. The van der Waals surface area contributed by atoms with Crippen molar-refractivity contribution in [3.63, 3.8) is 0 Å². The summed E-state index contributed by atoms with van der Waals surface area (Å²) in [5.74, 6) is 0.0621. The van der Waals surface area contributed by atoms with E-state index in [0.717, 1.165) is 0 Å². The van der Waals surface area contributed by atoms with E-state index < -0.39 is 15.8 Å². The average Bonchev–Trinajstić information content (AvgIpc) is 2.58. The molecule has 0 unspecified atom stereocenters. The molecule has 1 fully saturated rings. The van der Waals surface area contributed by atoms with Crippen LogP contribution in [0.1, 0.15) is 0 Å². The minimum atomic E-state index is -3.88. The van der Waals surface area contributed by atoms with Crippen LogP contribution in [0.5, 0.6) is 0 Å². The molecule has 2 aromatic rings. The molecule has 0 radical (unpaired) electrons. The highest BCUT2D eigenvalue weighted by atomic mass is 32.2. The maximum Gasteiger partial charge on any atom is 0.263 e. The van der Waals surface area contributed by atoms with Crippen LogP contribution in [0, 0.1) is 5.82 Å². The van der Waals surface area contributed by atoms with Gasteiger partial charge in [0.05, 0.1) is 18.9 Å². The maximum atomic E-state index is 13.6. The number of hydrogen-bond acceptors (Lipinski definition) is 5. The first-order valence-corrected chi connectivity index (χ1v) is 8.61. The number of hydrogen-bond donors (Lipinski definition) is 1. The number of pyridine rings is 1. The molecule has 23 heavy (non-hydrogen) atoms. The van der Waals surface area contributed by atoms with E-state index in [9.17, 15) is 12.8 Å². The molecule has 0 saturated carbocycles. The fourth-order valence-corrected chi connectivity index (χ4v) is 3.27. The highest BCUT2D eigenvalue weighted by Gasteiger charge is 2.18. The van der Waals surface area contributed by atoms with Gasteiger partial charge in [-0.25, -0.2) is 17.8 Å². The second-order valence-corrected chi connectivity index (χ2v) is 6.72. The Labute approximate surface area is 134 Å². The fourth-order valence-electron chi connectivity index (χ4n) is 2.26. The first-order chi connectivity index (χ1) is 11.1. The molecular formula is C15H16FN3O3S. The molecule has 0 aliphatic carbocycles. The molecule has 0 amide bonds. The summed E-state index contributed by atoms with van der Waals surface area (Å²) in [5.41, 5.74) is -0.0928. The summed E-state index contributed by atoms with van der Waals surface area (Å²) >= 11 is 0. The van der Waals surface area contributed by atoms with Crippen molar-refractivity contribution in [3.8, 4) is 0 Å². The average molecular weight is 337 g/mol. The minimum absolute atomic E-state index is 0.0160. The van der Waals surface area contributed by atoms with Crippen LogP contribution in [0.15, 0.2) is 47.5 Å². The van der Waals surface area contributed by atoms with Gasteiger partial charge in [-0.15, -0.1) is 0 Å². The van der Waals surface area contributed by atoms with Crippen LogP contribution in [-0.4, -0.2) is 39.7 Å². The van der Waals surface area contributed by atoms with E-state index in [-0.39, 0.29) is 10.6 Å². The van der Waals surface area contributed by atoms with E-state index in [2.05, 4.69) is 9.71 Å². The quantitative estimate of drug-likeness (QED) is 0.922. The fraction of sp³-hybridized carbons (Fsp3) is 0.267. The van der Waals surface area contributed by atoms with Crippen molar-refractivity contribution in [1.82, 2.24) is 4.98 Å². The van der Waals surface area contributed by atoms with Crippen molar-refractivity contribution in [2.24, 2.45) is 0 Å². The first-order valence-electron chi connectivity index (χ1n) is 7.12. The number of para-hydroxylation sites is 1. The summed E-state index contributed by atoms with van der Waals surface area (Å²) in [6.45, 7) is 2.67. The number of anilines is 2. The lowest BCUT2D eigenvalue weighted by Gasteiger charge is -2.27. The Kier molecular flexibility index (Phi) is 4.44. The third-order valence-electron chi connectivity index (χ3n) is 3.48. The number of sulfonamides is 1. The van der Waals surface area contributed by atoms with Crippen molar-refractivity contribution in [2.45, 2.75) is 4.90 Å². The molecule has 3 rings (SSSR count). The number of benzene rings is 1. The molecule has 8 heteroatoms. The van der Waals surface area contributed by atoms with Gasteiger partial charge in [-0.2, -0.15) is 0 Å². The Morgan fingerprint density at radius 3 is 2.52 bits per heavy atom. The van der Waals surface area contributed by atoms with Crippen LogP contribution in [-0.2, 0) is 14.8 Å². The second-order valence-electron chi connectivity index (χ2n) is 5.04. The predicted octanol–water partition coefficient (Wildman–Crippen LogP) is 1.86. The van der Waals surface area contributed by atoms with E-state index in [0.29, 0.717) is 32.1 Å². The van der Waals surface area contributed by atoms with Crippen molar-refractivity contribution in [1.29, 1.82) is 0 Å². The summed E-state index contributed by atoms with van der Waals surface area (Å²) in [6.07, 6.45) is 1.27. The zero-order valence-electron chi connectivity index (χ0n) is 12.3. The predicted molar refractivity (Wildman–Crippen MR) is 84.5 cm³/mol. The van der Waals surface area contributed by atoms with Gasteiger partial charge in [0.1, 0.15) is 16.5 Å². The highest BCUT2D eigenvalue weighted by molar-refractivity contribution is 7.92. The van der Waals surface area contributed by atoms with Crippen LogP contribution < -0.4 is 9.62 Å². The lowest BCUT2D eigenvalue weighted by atomic mass is 10.3. The summed E-state index contributed by atoms with van der Waals surface area (Å²) in [7, 11) is -3.88. The monoisotopic (exact) mass is 337 g/mol. The maximum absolute atomic E-state index is 13.6. The van der Waals surface area contributed by atoms with Crippen molar-refractivity contribution < 1.29 is 17.5 Å². The second kappa shape index (κ2) is 6.51. The zero-order chi connectivity index (χ0) is 16.3. The Bertz CT molecular complexity index is 775. The van der Waals surface area contributed by atoms with Crippen molar-refractivity contribution >= 4 is 21.5 Å². The smallest absolute Gasteiger partial charge is 0.263 e. The molecule has 1 aliphatic rings. The van der Waals surface area contributed by atoms with Crippen molar-refractivity contribution in [2.75, 3.05) is 35.9 Å². The first kappa shape index (κ1) is 15.7. The lowest BCUT2D eigenvalue weighted by molar-refractivity contribution is 0.122. The van der Waals surface area contributed by atoms with Crippen LogP contribution in [0.4, 0.5) is 15.9 Å². The van der Waals surface area contributed by atoms with E-state index in [1.54, 1.807) is 12.1 Å². The van der Waals surface area contributed by atoms with Gasteiger partial charge in [-0.05, 0) is 24.3 Å². The lowest BCUT2D eigenvalue weighted by Crippen LogP contribution is -2.36. The van der Waals surface area contributed by atoms with E-state index >= 15 is 0 Å².